The van der Waals surface area contributed by atoms with E-state index in [1.165, 1.54) is 0 Å². The fourth-order valence-corrected chi connectivity index (χ4v) is 3.07. The minimum Gasteiger partial charge on any atom is -0.494 e. The van der Waals surface area contributed by atoms with Crippen LogP contribution in [0.2, 0.25) is 0 Å². The van der Waals surface area contributed by atoms with Gasteiger partial charge < -0.3 is 19.7 Å². The first kappa shape index (κ1) is 18.8. The molecule has 142 valence electrons. The van der Waals surface area contributed by atoms with Gasteiger partial charge in [0.05, 0.1) is 12.6 Å². The number of anilines is 1. The van der Waals surface area contributed by atoms with E-state index in [0.29, 0.717) is 18.9 Å². The third-order valence-electron chi connectivity index (χ3n) is 4.31. The summed E-state index contributed by atoms with van der Waals surface area (Å²) < 4.78 is 10.9. The van der Waals surface area contributed by atoms with Gasteiger partial charge in [0.25, 0.3) is 5.91 Å². The summed E-state index contributed by atoms with van der Waals surface area (Å²) in [5, 5.41) is 2.87. The Hall–Kier alpha value is -3.02. The largest absolute Gasteiger partial charge is 0.494 e. The summed E-state index contributed by atoms with van der Waals surface area (Å²) in [6.07, 6.45) is 0.281. The van der Waals surface area contributed by atoms with Crippen molar-refractivity contribution in [2.45, 2.75) is 26.3 Å². The molecule has 2 amide bonds. The Morgan fingerprint density at radius 2 is 1.93 bits per heavy atom. The Labute approximate surface area is 159 Å². The second kappa shape index (κ2) is 8.58. The number of carbonyl (C=O) groups is 2. The standard InChI is InChI=1S/C21H24N2O4/c1-3-26-18-9-7-17(8-10-18)23-13-16(12-21(23)25)22-20(24)14-27-19-6-4-5-15(2)11-19/h4-11,16H,3,12-14H2,1-2H3,(H,22,24). The zero-order chi connectivity index (χ0) is 19.2. The van der Waals surface area contributed by atoms with Crippen LogP contribution < -0.4 is 19.7 Å². The molecule has 1 atom stereocenters. The Kier molecular flexibility index (Phi) is 5.96. The molecule has 0 aliphatic carbocycles. The Morgan fingerprint density at radius 1 is 1.15 bits per heavy atom. The zero-order valence-corrected chi connectivity index (χ0v) is 15.6. The van der Waals surface area contributed by atoms with Gasteiger partial charge in [-0.2, -0.15) is 0 Å². The van der Waals surface area contributed by atoms with Gasteiger partial charge in [-0.15, -0.1) is 0 Å². The van der Waals surface area contributed by atoms with Crippen LogP contribution in [0.3, 0.4) is 0 Å². The highest BCUT2D eigenvalue weighted by molar-refractivity contribution is 5.97. The van der Waals surface area contributed by atoms with Crippen molar-refractivity contribution in [1.82, 2.24) is 5.32 Å². The van der Waals surface area contributed by atoms with Crippen LogP contribution in [0.15, 0.2) is 48.5 Å². The van der Waals surface area contributed by atoms with Crippen molar-refractivity contribution in [3.63, 3.8) is 0 Å². The molecule has 6 nitrogen and oxygen atoms in total. The third-order valence-corrected chi connectivity index (χ3v) is 4.31. The molecule has 1 N–H and O–H groups in total. The van der Waals surface area contributed by atoms with Crippen LogP contribution >= 0.6 is 0 Å². The van der Waals surface area contributed by atoms with Gasteiger partial charge in [-0.25, -0.2) is 0 Å². The molecule has 1 fully saturated rings. The maximum atomic E-state index is 12.3. The van der Waals surface area contributed by atoms with E-state index in [0.717, 1.165) is 17.0 Å². The number of nitrogens with one attached hydrogen (secondary N) is 1. The van der Waals surface area contributed by atoms with E-state index in [2.05, 4.69) is 5.32 Å². The van der Waals surface area contributed by atoms with Gasteiger partial charge in [0.1, 0.15) is 11.5 Å². The fourth-order valence-electron chi connectivity index (χ4n) is 3.07. The molecular weight excluding hydrogens is 344 g/mol. The monoisotopic (exact) mass is 368 g/mol. The molecule has 1 heterocycles. The Balaban J connectivity index is 1.51. The number of amides is 2. The number of ether oxygens (including phenoxy) is 2. The smallest absolute Gasteiger partial charge is 0.258 e. The molecular formula is C21H24N2O4. The molecule has 2 aromatic carbocycles. The molecule has 0 spiro atoms. The molecule has 1 unspecified atom stereocenters. The van der Waals surface area contributed by atoms with Crippen LogP contribution in [-0.2, 0) is 9.59 Å². The molecule has 27 heavy (non-hydrogen) atoms. The summed E-state index contributed by atoms with van der Waals surface area (Å²) in [6.45, 7) is 4.86. The number of carbonyl (C=O) groups excluding carboxylic acids is 2. The van der Waals surface area contributed by atoms with Crippen molar-refractivity contribution in [1.29, 1.82) is 0 Å². The van der Waals surface area contributed by atoms with Gasteiger partial charge in [0.2, 0.25) is 5.91 Å². The number of nitrogens with zero attached hydrogens (tertiary/aromatic N) is 1. The summed E-state index contributed by atoms with van der Waals surface area (Å²) in [7, 11) is 0. The summed E-state index contributed by atoms with van der Waals surface area (Å²) in [4.78, 5) is 26.1. The van der Waals surface area contributed by atoms with E-state index in [4.69, 9.17) is 9.47 Å². The second-order valence-corrected chi connectivity index (χ2v) is 6.51. The van der Waals surface area contributed by atoms with E-state index in [9.17, 15) is 9.59 Å². The maximum absolute atomic E-state index is 12.3. The zero-order valence-electron chi connectivity index (χ0n) is 15.6. The van der Waals surface area contributed by atoms with E-state index < -0.39 is 0 Å². The maximum Gasteiger partial charge on any atom is 0.258 e. The van der Waals surface area contributed by atoms with Gasteiger partial charge in [-0.05, 0) is 55.8 Å². The molecule has 6 heteroatoms. The predicted octanol–water partition coefficient (Wildman–Crippen LogP) is 2.69. The number of benzene rings is 2. The summed E-state index contributed by atoms with van der Waals surface area (Å²) >= 11 is 0. The topological polar surface area (TPSA) is 67.9 Å². The number of hydrogen-bond acceptors (Lipinski definition) is 4. The molecule has 0 radical (unpaired) electrons. The van der Waals surface area contributed by atoms with Gasteiger partial charge >= 0.3 is 0 Å². The lowest BCUT2D eigenvalue weighted by molar-refractivity contribution is -0.123. The van der Waals surface area contributed by atoms with Crippen molar-refractivity contribution in [3.8, 4) is 11.5 Å². The Bertz CT molecular complexity index is 804. The fraction of sp³-hybridized carbons (Fsp3) is 0.333. The van der Waals surface area contributed by atoms with Gasteiger partial charge in [-0.1, -0.05) is 12.1 Å². The third kappa shape index (κ3) is 5.00. The highest BCUT2D eigenvalue weighted by Gasteiger charge is 2.31. The molecule has 1 saturated heterocycles. The number of rotatable bonds is 7. The van der Waals surface area contributed by atoms with E-state index in [1.54, 1.807) is 4.90 Å². The van der Waals surface area contributed by atoms with Gasteiger partial charge in [-0.3, -0.25) is 9.59 Å². The molecule has 0 aromatic heterocycles. The summed E-state index contributed by atoms with van der Waals surface area (Å²) in [6, 6.07) is 14.7. The molecule has 0 saturated carbocycles. The van der Waals surface area contributed by atoms with Crippen molar-refractivity contribution < 1.29 is 19.1 Å². The first-order chi connectivity index (χ1) is 13.0. The average Bonchev–Trinajstić information content (AvgIpc) is 3.01. The SMILES string of the molecule is CCOc1ccc(N2CC(NC(=O)COc3cccc(C)c3)CC2=O)cc1. The summed E-state index contributed by atoms with van der Waals surface area (Å²) in [5.74, 6) is 1.18. The van der Waals surface area contributed by atoms with E-state index >= 15 is 0 Å². The van der Waals surface area contributed by atoms with Crippen LogP contribution in [0.4, 0.5) is 5.69 Å². The molecule has 1 aliphatic heterocycles. The minimum absolute atomic E-state index is 0.0101. The number of hydrogen-bond donors (Lipinski definition) is 1. The van der Waals surface area contributed by atoms with Gasteiger partial charge in [0, 0.05) is 18.7 Å². The second-order valence-electron chi connectivity index (χ2n) is 6.51. The normalized spacial score (nSPS) is 16.3. The highest BCUT2D eigenvalue weighted by atomic mass is 16.5. The average molecular weight is 368 g/mol. The number of aryl methyl sites for hydroxylation is 1. The van der Waals surface area contributed by atoms with Gasteiger partial charge in [0.15, 0.2) is 6.61 Å². The van der Waals surface area contributed by atoms with Crippen molar-refractivity contribution >= 4 is 17.5 Å². The van der Waals surface area contributed by atoms with Crippen LogP contribution in [0.1, 0.15) is 18.9 Å². The van der Waals surface area contributed by atoms with Crippen molar-refractivity contribution in [3.05, 3.63) is 54.1 Å². The first-order valence-corrected chi connectivity index (χ1v) is 9.07. The van der Waals surface area contributed by atoms with Crippen molar-refractivity contribution in [2.24, 2.45) is 0 Å². The molecule has 1 aliphatic rings. The quantitative estimate of drug-likeness (QED) is 0.816. The molecule has 3 rings (SSSR count). The Morgan fingerprint density at radius 3 is 2.63 bits per heavy atom. The van der Waals surface area contributed by atoms with E-state index in [1.807, 2.05) is 62.4 Å². The van der Waals surface area contributed by atoms with Crippen LogP contribution in [0.25, 0.3) is 0 Å². The van der Waals surface area contributed by atoms with Crippen molar-refractivity contribution in [2.75, 3.05) is 24.7 Å². The molecule has 0 bridgehead atoms. The summed E-state index contributed by atoms with van der Waals surface area (Å²) in [5.41, 5.74) is 1.87. The first-order valence-electron chi connectivity index (χ1n) is 9.07. The highest BCUT2D eigenvalue weighted by Crippen LogP contribution is 2.24. The lowest BCUT2D eigenvalue weighted by Gasteiger charge is -2.18. The predicted molar refractivity (Wildman–Crippen MR) is 103 cm³/mol. The van der Waals surface area contributed by atoms with Crippen LogP contribution in [0, 0.1) is 6.92 Å². The van der Waals surface area contributed by atoms with E-state index in [-0.39, 0.29) is 30.9 Å². The lowest BCUT2D eigenvalue weighted by Crippen LogP contribution is -2.39. The molecule has 2 aromatic rings. The minimum atomic E-state index is -0.233. The van der Waals surface area contributed by atoms with Crippen LogP contribution in [0.5, 0.6) is 11.5 Å². The lowest BCUT2D eigenvalue weighted by atomic mass is 10.2. The van der Waals surface area contributed by atoms with Crippen LogP contribution in [-0.4, -0.2) is 37.6 Å².